The van der Waals surface area contributed by atoms with E-state index in [0.29, 0.717) is 30.9 Å². The molecule has 1 aromatic carbocycles. The highest BCUT2D eigenvalue weighted by molar-refractivity contribution is 5.92. The van der Waals surface area contributed by atoms with Gasteiger partial charge in [-0.1, -0.05) is 6.07 Å². The fraction of sp³-hybridized carbons (Fsp3) is 0.400. The van der Waals surface area contributed by atoms with Gasteiger partial charge in [0.25, 0.3) is 0 Å². The van der Waals surface area contributed by atoms with Crippen LogP contribution in [-0.4, -0.2) is 42.0 Å². The van der Waals surface area contributed by atoms with Crippen LogP contribution in [0.2, 0.25) is 0 Å². The van der Waals surface area contributed by atoms with Crippen LogP contribution in [0.25, 0.3) is 0 Å². The average Bonchev–Trinajstić information content (AvgIpc) is 3.12. The minimum Gasteiger partial charge on any atom is -0.454 e. The van der Waals surface area contributed by atoms with Gasteiger partial charge >= 0.3 is 0 Å². The molecule has 1 fully saturated rings. The highest BCUT2D eigenvalue weighted by Crippen LogP contribution is 2.33. The summed E-state index contributed by atoms with van der Waals surface area (Å²) in [6.07, 6.45) is 0.729. The van der Waals surface area contributed by atoms with E-state index < -0.39 is 11.9 Å². The number of benzene rings is 1. The number of nitrogens with two attached hydrogens (primary N) is 1. The van der Waals surface area contributed by atoms with Crippen molar-refractivity contribution in [1.82, 2.24) is 10.2 Å². The van der Waals surface area contributed by atoms with Crippen LogP contribution in [0.5, 0.6) is 11.5 Å². The standard InChI is InChI=1S/C15H17N3O5/c16-13(19)6-17-15(21)10-2-4-14(20)18(10)7-9-1-3-11-12(5-9)23-8-22-11/h1,3,5,10H,2,4,6-8H2,(H2,16,19)(H,17,21)/t10-/m0/s1. The topological polar surface area (TPSA) is 111 Å². The number of rotatable bonds is 5. The largest absolute Gasteiger partial charge is 0.454 e. The van der Waals surface area contributed by atoms with Crippen molar-refractivity contribution in [3.63, 3.8) is 0 Å². The van der Waals surface area contributed by atoms with E-state index in [0.717, 1.165) is 5.56 Å². The summed E-state index contributed by atoms with van der Waals surface area (Å²) in [6, 6.07) is 4.82. The molecule has 2 aliphatic rings. The lowest BCUT2D eigenvalue weighted by molar-refractivity contribution is -0.136. The Morgan fingerprint density at radius 3 is 2.87 bits per heavy atom. The van der Waals surface area contributed by atoms with Gasteiger partial charge in [0, 0.05) is 13.0 Å². The Kier molecular flexibility index (Phi) is 4.05. The number of carbonyl (C=O) groups excluding carboxylic acids is 3. The molecule has 1 saturated heterocycles. The molecule has 3 N–H and O–H groups in total. The van der Waals surface area contributed by atoms with Gasteiger partial charge in [-0.3, -0.25) is 14.4 Å². The van der Waals surface area contributed by atoms with E-state index in [4.69, 9.17) is 15.2 Å². The van der Waals surface area contributed by atoms with Gasteiger partial charge in [0.2, 0.25) is 24.5 Å². The van der Waals surface area contributed by atoms with Crippen molar-refractivity contribution < 1.29 is 23.9 Å². The van der Waals surface area contributed by atoms with Gasteiger partial charge in [-0.05, 0) is 24.1 Å². The minimum atomic E-state index is -0.620. The minimum absolute atomic E-state index is 0.0955. The number of likely N-dealkylation sites (tertiary alicyclic amines) is 1. The molecule has 2 aliphatic heterocycles. The van der Waals surface area contributed by atoms with E-state index in [1.807, 2.05) is 6.07 Å². The zero-order valence-corrected chi connectivity index (χ0v) is 12.4. The summed E-state index contributed by atoms with van der Waals surface area (Å²) in [6.45, 7) is 0.241. The van der Waals surface area contributed by atoms with Crippen molar-refractivity contribution in [3.8, 4) is 11.5 Å². The second-order valence-corrected chi connectivity index (χ2v) is 5.45. The summed E-state index contributed by atoms with van der Waals surface area (Å²) in [4.78, 5) is 36.5. The van der Waals surface area contributed by atoms with Crippen LogP contribution in [0.4, 0.5) is 0 Å². The van der Waals surface area contributed by atoms with Crippen LogP contribution in [-0.2, 0) is 20.9 Å². The molecule has 2 heterocycles. The van der Waals surface area contributed by atoms with E-state index in [2.05, 4.69) is 5.32 Å². The first-order valence-corrected chi connectivity index (χ1v) is 7.28. The average molecular weight is 319 g/mol. The van der Waals surface area contributed by atoms with Crippen LogP contribution >= 0.6 is 0 Å². The third kappa shape index (κ3) is 3.20. The fourth-order valence-electron chi connectivity index (χ4n) is 2.73. The van der Waals surface area contributed by atoms with E-state index in [1.165, 1.54) is 4.90 Å². The van der Waals surface area contributed by atoms with Crippen LogP contribution in [0.1, 0.15) is 18.4 Å². The number of fused-ring (bicyclic) bond motifs is 1. The van der Waals surface area contributed by atoms with Crippen LogP contribution in [0, 0.1) is 0 Å². The summed E-state index contributed by atoms with van der Waals surface area (Å²) in [5, 5.41) is 2.45. The van der Waals surface area contributed by atoms with Gasteiger partial charge in [-0.2, -0.15) is 0 Å². The Labute approximate surface area is 132 Å². The second-order valence-electron chi connectivity index (χ2n) is 5.45. The maximum absolute atomic E-state index is 12.1. The number of carbonyl (C=O) groups is 3. The van der Waals surface area contributed by atoms with E-state index in [9.17, 15) is 14.4 Å². The predicted octanol–water partition coefficient (Wildman–Crippen LogP) is -0.492. The number of nitrogens with one attached hydrogen (secondary N) is 1. The first-order chi connectivity index (χ1) is 11.0. The number of amides is 3. The Hall–Kier alpha value is -2.77. The maximum Gasteiger partial charge on any atom is 0.243 e. The van der Waals surface area contributed by atoms with Crippen molar-refractivity contribution in [2.24, 2.45) is 5.73 Å². The highest BCUT2D eigenvalue weighted by atomic mass is 16.7. The lowest BCUT2D eigenvalue weighted by atomic mass is 10.1. The van der Waals surface area contributed by atoms with Gasteiger partial charge in [-0.25, -0.2) is 0 Å². The molecule has 1 aromatic rings. The lowest BCUT2D eigenvalue weighted by Gasteiger charge is -2.24. The number of ether oxygens (including phenoxy) is 2. The van der Waals surface area contributed by atoms with Gasteiger partial charge < -0.3 is 25.4 Å². The van der Waals surface area contributed by atoms with Crippen LogP contribution < -0.4 is 20.5 Å². The Morgan fingerprint density at radius 2 is 2.09 bits per heavy atom. The summed E-state index contributed by atoms with van der Waals surface area (Å²) >= 11 is 0. The zero-order valence-electron chi connectivity index (χ0n) is 12.4. The molecule has 0 spiro atoms. The molecule has 122 valence electrons. The quantitative estimate of drug-likeness (QED) is 0.760. The van der Waals surface area contributed by atoms with Crippen LogP contribution in [0.15, 0.2) is 18.2 Å². The highest BCUT2D eigenvalue weighted by Gasteiger charge is 2.36. The summed E-state index contributed by atoms with van der Waals surface area (Å²) in [5.74, 6) is 0.211. The molecule has 3 amide bonds. The molecule has 0 aliphatic carbocycles. The molecule has 0 saturated carbocycles. The number of nitrogens with zero attached hydrogens (tertiary/aromatic N) is 1. The normalized spacial score (nSPS) is 19.0. The van der Waals surface area contributed by atoms with Gasteiger partial charge in [-0.15, -0.1) is 0 Å². The molecular formula is C15H17N3O5. The molecule has 8 nitrogen and oxygen atoms in total. The molecule has 3 rings (SSSR count). The zero-order chi connectivity index (χ0) is 16.4. The summed E-state index contributed by atoms with van der Waals surface area (Å²) < 4.78 is 10.6. The summed E-state index contributed by atoms with van der Waals surface area (Å²) in [7, 11) is 0. The van der Waals surface area contributed by atoms with Crippen molar-refractivity contribution in [3.05, 3.63) is 23.8 Å². The number of hydrogen-bond donors (Lipinski definition) is 2. The van der Waals surface area contributed by atoms with E-state index in [1.54, 1.807) is 12.1 Å². The predicted molar refractivity (Wildman–Crippen MR) is 78.3 cm³/mol. The first kappa shape index (κ1) is 15.1. The molecule has 0 bridgehead atoms. The van der Waals surface area contributed by atoms with Crippen molar-refractivity contribution in [2.45, 2.75) is 25.4 Å². The Morgan fingerprint density at radius 1 is 1.30 bits per heavy atom. The molecule has 0 unspecified atom stereocenters. The smallest absolute Gasteiger partial charge is 0.243 e. The molecule has 0 aromatic heterocycles. The van der Waals surface area contributed by atoms with Crippen LogP contribution in [0.3, 0.4) is 0 Å². The van der Waals surface area contributed by atoms with E-state index >= 15 is 0 Å². The molecule has 1 atom stereocenters. The van der Waals surface area contributed by atoms with Gasteiger partial charge in [0.05, 0.1) is 6.54 Å². The number of primary amides is 1. The third-order valence-corrected chi connectivity index (χ3v) is 3.86. The van der Waals surface area contributed by atoms with Gasteiger partial charge in [0.1, 0.15) is 6.04 Å². The molecular weight excluding hydrogens is 302 g/mol. The third-order valence-electron chi connectivity index (χ3n) is 3.86. The first-order valence-electron chi connectivity index (χ1n) is 7.28. The van der Waals surface area contributed by atoms with E-state index in [-0.39, 0.29) is 25.2 Å². The Bertz CT molecular complexity index is 661. The van der Waals surface area contributed by atoms with Crippen molar-refractivity contribution >= 4 is 17.7 Å². The lowest BCUT2D eigenvalue weighted by Crippen LogP contribution is -2.46. The summed E-state index contributed by atoms with van der Waals surface area (Å²) in [5.41, 5.74) is 5.86. The SMILES string of the molecule is NC(=O)CNC(=O)[C@@H]1CCC(=O)N1Cc1ccc2c(c1)OCO2. The maximum atomic E-state index is 12.1. The van der Waals surface area contributed by atoms with Crippen molar-refractivity contribution in [1.29, 1.82) is 0 Å². The molecule has 23 heavy (non-hydrogen) atoms. The number of hydrogen-bond acceptors (Lipinski definition) is 5. The monoisotopic (exact) mass is 319 g/mol. The van der Waals surface area contributed by atoms with Crippen molar-refractivity contribution in [2.75, 3.05) is 13.3 Å². The molecule has 0 radical (unpaired) electrons. The Balaban J connectivity index is 1.70. The molecule has 8 heteroatoms. The second kappa shape index (κ2) is 6.15. The fourth-order valence-corrected chi connectivity index (χ4v) is 2.73. The van der Waals surface area contributed by atoms with Gasteiger partial charge in [0.15, 0.2) is 11.5 Å².